The minimum Gasteiger partial charge on any atom is -0.506 e. The average Bonchev–Trinajstić information content (AvgIpc) is 3.25. The summed E-state index contributed by atoms with van der Waals surface area (Å²) in [7, 11) is 0. The summed E-state index contributed by atoms with van der Waals surface area (Å²) in [5, 5.41) is 14.7. The van der Waals surface area contributed by atoms with E-state index in [-0.39, 0.29) is 17.8 Å². The van der Waals surface area contributed by atoms with Crippen molar-refractivity contribution >= 4 is 34.6 Å². The zero-order valence-corrected chi connectivity index (χ0v) is 14.6. The number of aromatic nitrogens is 2. The molecule has 0 radical (unpaired) electrons. The minimum absolute atomic E-state index is 0.117. The monoisotopic (exact) mass is 370 g/mol. The fourth-order valence-corrected chi connectivity index (χ4v) is 3.65. The van der Waals surface area contributed by atoms with Crippen molar-refractivity contribution in [3.05, 3.63) is 77.3 Å². The molecular formula is C18H15ClN4OS. The topological polar surface area (TPSA) is 64.2 Å². The van der Waals surface area contributed by atoms with Crippen LogP contribution in [0.2, 0.25) is 5.02 Å². The van der Waals surface area contributed by atoms with Crippen LogP contribution in [0.5, 0.6) is 5.75 Å². The maximum atomic E-state index is 10.4. The number of H-pyrrole nitrogens is 1. The molecule has 1 aliphatic heterocycles. The predicted octanol–water partition coefficient (Wildman–Crippen LogP) is 3.95. The van der Waals surface area contributed by atoms with E-state index >= 15 is 0 Å². The van der Waals surface area contributed by atoms with Crippen LogP contribution in [0.4, 0.5) is 5.69 Å². The lowest BCUT2D eigenvalue weighted by Crippen LogP contribution is -2.29. The van der Waals surface area contributed by atoms with Gasteiger partial charge in [-0.25, -0.2) is 0 Å². The second kappa shape index (κ2) is 6.38. The third-order valence-corrected chi connectivity index (χ3v) is 4.79. The Labute approximate surface area is 155 Å². The summed E-state index contributed by atoms with van der Waals surface area (Å²) in [5.41, 5.74) is 2.39. The number of rotatable bonds is 3. The second-order valence-electron chi connectivity index (χ2n) is 5.76. The number of nitrogens with one attached hydrogen (secondary N) is 2. The van der Waals surface area contributed by atoms with E-state index in [9.17, 15) is 5.11 Å². The van der Waals surface area contributed by atoms with Crippen LogP contribution < -0.4 is 10.2 Å². The summed E-state index contributed by atoms with van der Waals surface area (Å²) in [6, 6.07) is 14.3. The van der Waals surface area contributed by atoms with Crippen LogP contribution in [0.15, 0.2) is 60.9 Å². The van der Waals surface area contributed by atoms with Gasteiger partial charge in [0.25, 0.3) is 0 Å². The molecule has 1 saturated heterocycles. The van der Waals surface area contributed by atoms with E-state index in [0.717, 1.165) is 11.4 Å². The van der Waals surface area contributed by atoms with Crippen LogP contribution in [0.3, 0.4) is 0 Å². The second-order valence-corrected chi connectivity index (χ2v) is 6.58. The van der Waals surface area contributed by atoms with Crippen LogP contribution in [-0.2, 0) is 0 Å². The van der Waals surface area contributed by atoms with Gasteiger partial charge in [-0.1, -0.05) is 17.7 Å². The molecule has 0 saturated carbocycles. The first kappa shape index (κ1) is 15.9. The van der Waals surface area contributed by atoms with Gasteiger partial charge in [0.05, 0.1) is 17.4 Å². The first-order chi connectivity index (χ1) is 12.1. The highest BCUT2D eigenvalue weighted by Gasteiger charge is 2.42. The van der Waals surface area contributed by atoms with Gasteiger partial charge in [0.1, 0.15) is 11.8 Å². The molecule has 0 unspecified atom stereocenters. The molecule has 126 valence electrons. The van der Waals surface area contributed by atoms with Gasteiger partial charge >= 0.3 is 0 Å². The van der Waals surface area contributed by atoms with Gasteiger partial charge in [0.15, 0.2) is 5.11 Å². The number of hydrogen-bond acceptors (Lipinski definition) is 3. The molecule has 25 heavy (non-hydrogen) atoms. The lowest BCUT2D eigenvalue weighted by molar-refractivity contribution is 0.472. The van der Waals surface area contributed by atoms with Crippen LogP contribution in [0.25, 0.3) is 0 Å². The van der Waals surface area contributed by atoms with E-state index in [1.165, 1.54) is 0 Å². The average molecular weight is 371 g/mol. The van der Waals surface area contributed by atoms with Gasteiger partial charge < -0.3 is 20.3 Å². The SMILES string of the molecule is Oc1ccc(Cl)cc1N1C(=S)N[C@@H](c2ccccn2)[C@@H]1c1ccc[nH]1. The standard InChI is InChI=1S/C18H15ClN4OS/c19-11-6-7-15(24)14(10-11)23-17(13-5-3-9-21-13)16(22-18(23)25)12-4-1-2-8-20-12/h1-10,16-17,21,24H,(H,22,25)/t16-,17-/m0/s1. The number of aromatic amines is 1. The highest BCUT2D eigenvalue weighted by molar-refractivity contribution is 7.80. The van der Waals surface area contributed by atoms with Crippen molar-refractivity contribution in [2.75, 3.05) is 4.90 Å². The van der Waals surface area contributed by atoms with Crippen molar-refractivity contribution in [3.63, 3.8) is 0 Å². The van der Waals surface area contributed by atoms with E-state index in [0.29, 0.717) is 15.8 Å². The van der Waals surface area contributed by atoms with Crippen LogP contribution >= 0.6 is 23.8 Å². The molecule has 0 amide bonds. The van der Waals surface area contributed by atoms with Gasteiger partial charge in [-0.05, 0) is 54.7 Å². The van der Waals surface area contributed by atoms with Crippen molar-refractivity contribution in [2.24, 2.45) is 0 Å². The quantitative estimate of drug-likeness (QED) is 0.609. The number of anilines is 1. The Morgan fingerprint density at radius 2 is 2.04 bits per heavy atom. The summed E-state index contributed by atoms with van der Waals surface area (Å²) >= 11 is 11.7. The van der Waals surface area contributed by atoms with Gasteiger partial charge in [-0.15, -0.1) is 0 Å². The molecule has 5 nitrogen and oxygen atoms in total. The number of benzene rings is 1. The molecule has 0 aliphatic carbocycles. The number of phenols is 1. The summed E-state index contributed by atoms with van der Waals surface area (Å²) in [5.74, 6) is 0.117. The fraction of sp³-hybridized carbons (Fsp3) is 0.111. The Kier molecular flexibility index (Phi) is 4.07. The van der Waals surface area contributed by atoms with Crippen molar-refractivity contribution in [1.29, 1.82) is 0 Å². The number of nitrogens with zero attached hydrogens (tertiary/aromatic N) is 2. The van der Waals surface area contributed by atoms with E-state index in [1.54, 1.807) is 24.4 Å². The van der Waals surface area contributed by atoms with Crippen LogP contribution in [0.1, 0.15) is 23.5 Å². The maximum Gasteiger partial charge on any atom is 0.174 e. The van der Waals surface area contributed by atoms with Crippen molar-refractivity contribution in [1.82, 2.24) is 15.3 Å². The fourth-order valence-electron chi connectivity index (χ4n) is 3.15. The number of phenolic OH excluding ortho intramolecular Hbond substituents is 1. The smallest absolute Gasteiger partial charge is 0.174 e. The Balaban J connectivity index is 1.85. The highest BCUT2D eigenvalue weighted by atomic mass is 35.5. The first-order valence-electron chi connectivity index (χ1n) is 7.77. The molecule has 1 aromatic carbocycles. The summed E-state index contributed by atoms with van der Waals surface area (Å²) < 4.78 is 0. The molecule has 1 fully saturated rings. The highest BCUT2D eigenvalue weighted by Crippen LogP contribution is 2.44. The lowest BCUT2D eigenvalue weighted by Gasteiger charge is -2.27. The van der Waals surface area contributed by atoms with E-state index in [4.69, 9.17) is 23.8 Å². The van der Waals surface area contributed by atoms with Crippen molar-refractivity contribution in [3.8, 4) is 5.75 Å². The molecule has 2 atom stereocenters. The van der Waals surface area contributed by atoms with E-state index in [2.05, 4.69) is 15.3 Å². The minimum atomic E-state index is -0.193. The Morgan fingerprint density at radius 3 is 2.76 bits per heavy atom. The first-order valence-corrected chi connectivity index (χ1v) is 8.56. The van der Waals surface area contributed by atoms with E-state index in [1.807, 2.05) is 41.4 Å². The molecule has 0 bridgehead atoms. The van der Waals surface area contributed by atoms with Crippen LogP contribution in [0, 0.1) is 0 Å². The third-order valence-electron chi connectivity index (χ3n) is 4.24. The number of thiocarbonyl (C=S) groups is 1. The lowest BCUT2D eigenvalue weighted by atomic mass is 10.0. The molecule has 0 spiro atoms. The van der Waals surface area contributed by atoms with Gasteiger partial charge in [-0.3, -0.25) is 4.98 Å². The molecule has 7 heteroatoms. The summed E-state index contributed by atoms with van der Waals surface area (Å²) in [4.78, 5) is 9.60. The maximum absolute atomic E-state index is 10.4. The number of aromatic hydroxyl groups is 1. The molecule has 4 rings (SSSR count). The molecule has 3 aromatic rings. The normalized spacial score (nSPS) is 19.9. The molecule has 1 aliphatic rings. The summed E-state index contributed by atoms with van der Waals surface area (Å²) in [6.07, 6.45) is 3.62. The largest absolute Gasteiger partial charge is 0.506 e. The Bertz CT molecular complexity index is 901. The Morgan fingerprint density at radius 1 is 1.16 bits per heavy atom. The van der Waals surface area contributed by atoms with Crippen molar-refractivity contribution < 1.29 is 5.11 Å². The number of halogens is 1. The molecule has 2 aromatic heterocycles. The zero-order chi connectivity index (χ0) is 17.4. The third kappa shape index (κ3) is 2.83. The predicted molar refractivity (Wildman–Crippen MR) is 102 cm³/mol. The number of pyridine rings is 1. The zero-order valence-electron chi connectivity index (χ0n) is 13.1. The molecule has 3 N–H and O–H groups in total. The van der Waals surface area contributed by atoms with Crippen molar-refractivity contribution in [2.45, 2.75) is 12.1 Å². The van der Waals surface area contributed by atoms with Crippen LogP contribution in [-0.4, -0.2) is 20.2 Å². The molecular weight excluding hydrogens is 356 g/mol. The number of hydrogen-bond donors (Lipinski definition) is 3. The summed E-state index contributed by atoms with van der Waals surface area (Å²) in [6.45, 7) is 0. The van der Waals surface area contributed by atoms with Gasteiger partial charge in [0, 0.05) is 23.1 Å². The molecule has 3 heterocycles. The Hall–Kier alpha value is -2.57. The van der Waals surface area contributed by atoms with Gasteiger partial charge in [-0.2, -0.15) is 0 Å². The van der Waals surface area contributed by atoms with E-state index < -0.39 is 0 Å². The van der Waals surface area contributed by atoms with Gasteiger partial charge in [0.2, 0.25) is 0 Å².